The van der Waals surface area contributed by atoms with Crippen LogP contribution in [-0.4, -0.2) is 24.3 Å². The molecule has 3 aliphatic rings. The van der Waals surface area contributed by atoms with Gasteiger partial charge in [-0.25, -0.2) is 0 Å². The molecule has 4 unspecified atom stereocenters. The third-order valence-electron chi connectivity index (χ3n) is 6.40. The predicted molar refractivity (Wildman–Crippen MR) is 122 cm³/mol. The summed E-state index contributed by atoms with van der Waals surface area (Å²) in [5, 5.41) is 10.3. The van der Waals surface area contributed by atoms with Crippen LogP contribution in [0.3, 0.4) is 0 Å². The Labute approximate surface area is 179 Å². The zero-order chi connectivity index (χ0) is 21.1. The lowest BCUT2D eigenvalue weighted by atomic mass is 9.81. The first-order valence-corrected chi connectivity index (χ1v) is 11.1. The molecule has 2 fully saturated rings. The normalized spacial score (nSPS) is 31.5. The summed E-state index contributed by atoms with van der Waals surface area (Å²) in [5.74, 6) is 7.91. The van der Waals surface area contributed by atoms with Crippen LogP contribution in [0.1, 0.15) is 50.2 Å². The minimum atomic E-state index is 0.0887. The largest absolute Gasteiger partial charge is 0.403 e. The van der Waals surface area contributed by atoms with Crippen molar-refractivity contribution in [1.82, 2.24) is 16.0 Å². The standard InChI is InChI=1S/C24H34N6/c1-15(26)24-28-14-23(30-24)19-10-6-17(7-11-19)3-2-16-4-8-18(9-5-16)22(13-25)29-21-12-20(21)27/h4-5,8-9,13-15,17,19-21,24,28-30H,6-7,10-12,25-27H2,1H3/b22-13-. The summed E-state index contributed by atoms with van der Waals surface area (Å²) in [6, 6.07) is 8.94. The molecule has 2 aliphatic carbocycles. The second-order valence-electron chi connectivity index (χ2n) is 8.87. The van der Waals surface area contributed by atoms with Gasteiger partial charge < -0.3 is 33.2 Å². The van der Waals surface area contributed by atoms with Gasteiger partial charge in [-0.1, -0.05) is 24.0 Å². The number of hydrogen-bond acceptors (Lipinski definition) is 6. The lowest BCUT2D eigenvalue weighted by molar-refractivity contribution is 0.335. The van der Waals surface area contributed by atoms with Crippen LogP contribution < -0.4 is 33.2 Å². The number of nitrogens with two attached hydrogens (primary N) is 3. The molecule has 1 aromatic carbocycles. The first-order valence-electron chi connectivity index (χ1n) is 11.1. The minimum absolute atomic E-state index is 0.0887. The smallest absolute Gasteiger partial charge is 0.111 e. The van der Waals surface area contributed by atoms with Gasteiger partial charge in [0.1, 0.15) is 6.17 Å². The highest BCUT2D eigenvalue weighted by atomic mass is 15.2. The zero-order valence-electron chi connectivity index (χ0n) is 17.7. The van der Waals surface area contributed by atoms with Gasteiger partial charge in [0.05, 0.1) is 5.70 Å². The molecular formula is C24H34N6. The van der Waals surface area contributed by atoms with E-state index in [9.17, 15) is 0 Å². The fraction of sp³-hybridized carbons (Fsp3) is 0.500. The summed E-state index contributed by atoms with van der Waals surface area (Å²) in [7, 11) is 0. The average Bonchev–Trinajstić information content (AvgIpc) is 3.24. The van der Waals surface area contributed by atoms with E-state index in [-0.39, 0.29) is 18.2 Å². The van der Waals surface area contributed by atoms with Crippen LogP contribution >= 0.6 is 0 Å². The van der Waals surface area contributed by atoms with Gasteiger partial charge >= 0.3 is 0 Å². The van der Waals surface area contributed by atoms with Crippen molar-refractivity contribution in [1.29, 1.82) is 0 Å². The molecule has 0 radical (unpaired) electrons. The van der Waals surface area contributed by atoms with E-state index < -0.39 is 0 Å². The maximum absolute atomic E-state index is 5.97. The zero-order valence-corrected chi connectivity index (χ0v) is 17.7. The second kappa shape index (κ2) is 9.03. The third kappa shape index (κ3) is 4.92. The van der Waals surface area contributed by atoms with E-state index in [1.54, 1.807) is 6.20 Å². The molecular weight excluding hydrogens is 372 g/mol. The number of allylic oxidation sites excluding steroid dienone is 1. The van der Waals surface area contributed by atoms with Gasteiger partial charge in [0.2, 0.25) is 0 Å². The van der Waals surface area contributed by atoms with Crippen molar-refractivity contribution in [2.45, 2.75) is 63.3 Å². The quantitative estimate of drug-likeness (QED) is 0.413. The van der Waals surface area contributed by atoms with E-state index in [2.05, 4.69) is 58.3 Å². The Morgan fingerprint density at radius 2 is 1.90 bits per heavy atom. The van der Waals surface area contributed by atoms with E-state index in [4.69, 9.17) is 17.2 Å². The Hall–Kier alpha value is -2.62. The maximum atomic E-state index is 5.97. The molecule has 0 saturated heterocycles. The fourth-order valence-corrected chi connectivity index (χ4v) is 4.24. The molecule has 6 heteroatoms. The Balaban J connectivity index is 1.28. The van der Waals surface area contributed by atoms with Gasteiger partial charge in [-0.2, -0.15) is 0 Å². The fourth-order valence-electron chi connectivity index (χ4n) is 4.24. The van der Waals surface area contributed by atoms with Crippen molar-refractivity contribution in [2.24, 2.45) is 29.0 Å². The van der Waals surface area contributed by atoms with Crippen LogP contribution in [-0.2, 0) is 0 Å². The molecule has 1 aromatic rings. The summed E-state index contributed by atoms with van der Waals surface area (Å²) in [4.78, 5) is 0. The van der Waals surface area contributed by atoms with Crippen LogP contribution in [0.4, 0.5) is 0 Å². The van der Waals surface area contributed by atoms with E-state index in [0.717, 1.165) is 36.1 Å². The highest BCUT2D eigenvalue weighted by molar-refractivity contribution is 5.65. The second-order valence-corrected chi connectivity index (χ2v) is 8.87. The van der Waals surface area contributed by atoms with Crippen LogP contribution in [0, 0.1) is 23.7 Å². The molecule has 1 aliphatic heterocycles. The SMILES string of the molecule is CC(N)C1NC=C(C2CCC(C#Cc3ccc(/C(=C/N)NC4CC4N)cc3)CC2)N1. The van der Waals surface area contributed by atoms with Crippen LogP contribution in [0.15, 0.2) is 42.4 Å². The average molecular weight is 407 g/mol. The molecule has 2 saturated carbocycles. The number of nitrogens with one attached hydrogen (secondary N) is 3. The molecule has 4 rings (SSSR count). The van der Waals surface area contributed by atoms with Gasteiger partial charge in [-0.3, -0.25) is 0 Å². The predicted octanol–water partition coefficient (Wildman–Crippen LogP) is 1.50. The first-order chi connectivity index (χ1) is 14.5. The van der Waals surface area contributed by atoms with Crippen molar-refractivity contribution in [3.05, 3.63) is 53.5 Å². The van der Waals surface area contributed by atoms with Gasteiger partial charge in [0, 0.05) is 53.6 Å². The van der Waals surface area contributed by atoms with Gasteiger partial charge in [-0.05, 0) is 56.7 Å². The third-order valence-corrected chi connectivity index (χ3v) is 6.40. The summed E-state index contributed by atoms with van der Waals surface area (Å²) in [6.45, 7) is 2.02. The summed E-state index contributed by atoms with van der Waals surface area (Å²) in [5.41, 5.74) is 22.0. The topological polar surface area (TPSA) is 114 Å². The molecule has 1 heterocycles. The summed E-state index contributed by atoms with van der Waals surface area (Å²) < 4.78 is 0. The highest BCUT2D eigenvalue weighted by Gasteiger charge is 2.33. The van der Waals surface area contributed by atoms with Crippen LogP contribution in [0.5, 0.6) is 0 Å². The Kier molecular flexibility index (Phi) is 6.21. The van der Waals surface area contributed by atoms with Crippen molar-refractivity contribution in [3.63, 3.8) is 0 Å². The van der Waals surface area contributed by atoms with Crippen molar-refractivity contribution < 1.29 is 0 Å². The summed E-state index contributed by atoms with van der Waals surface area (Å²) in [6.07, 6.45) is 9.51. The van der Waals surface area contributed by atoms with Crippen LogP contribution in [0.25, 0.3) is 5.70 Å². The van der Waals surface area contributed by atoms with E-state index in [0.29, 0.717) is 17.9 Å². The van der Waals surface area contributed by atoms with Gasteiger partial charge in [0.15, 0.2) is 0 Å². The molecule has 9 N–H and O–H groups in total. The minimum Gasteiger partial charge on any atom is -0.403 e. The van der Waals surface area contributed by atoms with Gasteiger partial charge in [-0.15, -0.1) is 0 Å². The highest BCUT2D eigenvalue weighted by Crippen LogP contribution is 2.33. The lowest BCUT2D eigenvalue weighted by Crippen LogP contribution is -2.47. The molecule has 4 atom stereocenters. The van der Waals surface area contributed by atoms with Crippen LogP contribution in [0.2, 0.25) is 0 Å². The summed E-state index contributed by atoms with van der Waals surface area (Å²) >= 11 is 0. The molecule has 160 valence electrons. The maximum Gasteiger partial charge on any atom is 0.111 e. The Bertz CT molecular complexity index is 852. The van der Waals surface area contributed by atoms with Gasteiger partial charge in [0.25, 0.3) is 0 Å². The Morgan fingerprint density at radius 3 is 2.47 bits per heavy atom. The molecule has 0 amide bonds. The number of hydrogen-bond donors (Lipinski definition) is 6. The first kappa shape index (κ1) is 20.6. The molecule has 0 spiro atoms. The van der Waals surface area contributed by atoms with E-state index >= 15 is 0 Å². The lowest BCUT2D eigenvalue weighted by Gasteiger charge is -2.27. The number of benzene rings is 1. The molecule has 0 aromatic heterocycles. The van der Waals surface area contributed by atoms with E-state index in [1.807, 2.05) is 6.92 Å². The van der Waals surface area contributed by atoms with Crippen molar-refractivity contribution in [3.8, 4) is 11.8 Å². The Morgan fingerprint density at radius 1 is 1.20 bits per heavy atom. The van der Waals surface area contributed by atoms with Crippen molar-refractivity contribution >= 4 is 5.70 Å². The number of rotatable bonds is 5. The molecule has 30 heavy (non-hydrogen) atoms. The van der Waals surface area contributed by atoms with E-state index in [1.165, 1.54) is 18.5 Å². The molecule has 0 bridgehead atoms. The van der Waals surface area contributed by atoms with Crippen molar-refractivity contribution in [2.75, 3.05) is 0 Å². The molecule has 6 nitrogen and oxygen atoms in total. The monoisotopic (exact) mass is 406 g/mol.